The number of fused-ring (bicyclic) bond motifs is 1. The van der Waals surface area contributed by atoms with E-state index in [2.05, 4.69) is 20.2 Å². The summed E-state index contributed by atoms with van der Waals surface area (Å²) in [7, 11) is 1.52. The molecule has 8 nitrogen and oxygen atoms in total. The zero-order valence-corrected chi connectivity index (χ0v) is 14.7. The minimum Gasteiger partial charge on any atom is -0.471 e. The number of methoxy groups -OCH3 is 1. The van der Waals surface area contributed by atoms with Crippen LogP contribution in [-0.4, -0.2) is 77.9 Å². The van der Waals surface area contributed by atoms with Crippen LogP contribution in [0.2, 0.25) is 0 Å². The molecule has 0 unspecified atom stereocenters. The molecular formula is C18H24N4O4. The summed E-state index contributed by atoms with van der Waals surface area (Å²) in [5.74, 6) is 1.05. The molecule has 1 aromatic carbocycles. The molecule has 0 amide bonds. The lowest BCUT2D eigenvalue weighted by molar-refractivity contribution is -0.0483. The van der Waals surface area contributed by atoms with Gasteiger partial charge >= 0.3 is 0 Å². The van der Waals surface area contributed by atoms with E-state index in [4.69, 9.17) is 9.47 Å². The van der Waals surface area contributed by atoms with Crippen molar-refractivity contribution in [1.29, 1.82) is 0 Å². The van der Waals surface area contributed by atoms with Crippen LogP contribution < -0.4 is 15.0 Å². The van der Waals surface area contributed by atoms with Gasteiger partial charge in [-0.1, -0.05) is 12.1 Å². The number of hydrogen-bond acceptors (Lipinski definition) is 8. The summed E-state index contributed by atoms with van der Waals surface area (Å²) in [6.45, 7) is 3.42. The Kier molecular flexibility index (Phi) is 4.90. The van der Waals surface area contributed by atoms with Crippen molar-refractivity contribution < 1.29 is 19.7 Å². The number of para-hydroxylation sites is 1. The van der Waals surface area contributed by atoms with Gasteiger partial charge in [0.05, 0.1) is 17.0 Å². The predicted octanol–water partition coefficient (Wildman–Crippen LogP) is -0.0727. The Balaban J connectivity index is 1.67. The summed E-state index contributed by atoms with van der Waals surface area (Å²) in [6, 6.07) is 7.65. The number of nitrogens with zero attached hydrogens (tertiary/aromatic N) is 3. The number of anilines is 1. The molecule has 1 aliphatic carbocycles. The van der Waals surface area contributed by atoms with Crippen molar-refractivity contribution in [2.24, 2.45) is 0 Å². The largest absolute Gasteiger partial charge is 0.471 e. The zero-order chi connectivity index (χ0) is 18.1. The van der Waals surface area contributed by atoms with Crippen molar-refractivity contribution in [2.75, 3.05) is 38.2 Å². The van der Waals surface area contributed by atoms with Crippen LogP contribution in [0.4, 0.5) is 5.95 Å². The van der Waals surface area contributed by atoms with E-state index in [0.29, 0.717) is 18.2 Å². The summed E-state index contributed by atoms with van der Waals surface area (Å²) < 4.78 is 11.3. The summed E-state index contributed by atoms with van der Waals surface area (Å²) in [4.78, 5) is 11.4. The van der Waals surface area contributed by atoms with Crippen molar-refractivity contribution >= 4 is 16.9 Å². The quantitative estimate of drug-likeness (QED) is 0.697. The molecule has 1 aromatic heterocycles. The van der Waals surface area contributed by atoms with E-state index in [0.717, 1.165) is 37.1 Å². The van der Waals surface area contributed by atoms with Crippen molar-refractivity contribution in [1.82, 2.24) is 15.3 Å². The van der Waals surface area contributed by atoms with Crippen molar-refractivity contribution in [2.45, 2.75) is 30.8 Å². The van der Waals surface area contributed by atoms with Crippen LogP contribution >= 0.6 is 0 Å². The van der Waals surface area contributed by atoms with E-state index < -0.39 is 24.4 Å². The highest BCUT2D eigenvalue weighted by atomic mass is 16.5. The molecule has 8 heteroatoms. The smallest absolute Gasteiger partial charge is 0.229 e. The third kappa shape index (κ3) is 3.21. The highest BCUT2D eigenvalue weighted by molar-refractivity contribution is 5.84. The molecule has 0 radical (unpaired) electrons. The number of benzene rings is 1. The second-order valence-corrected chi connectivity index (χ2v) is 6.73. The van der Waals surface area contributed by atoms with E-state index in [1.54, 1.807) is 0 Å². The SMILES string of the molecule is CO[C@H]1C[C@@H](Oc2nc(N3CCNCC3)nc3ccccc23)[C@H](O)[C@@H]1O. The summed E-state index contributed by atoms with van der Waals surface area (Å²) in [6.07, 6.45) is -2.61. The molecule has 0 bridgehead atoms. The molecule has 1 aliphatic heterocycles. The third-order valence-electron chi connectivity index (χ3n) is 5.10. The molecular weight excluding hydrogens is 336 g/mol. The van der Waals surface area contributed by atoms with Crippen molar-refractivity contribution in [3.63, 3.8) is 0 Å². The topological polar surface area (TPSA) is 100.0 Å². The number of ether oxygens (including phenoxy) is 2. The van der Waals surface area contributed by atoms with Gasteiger partial charge in [0.15, 0.2) is 0 Å². The maximum atomic E-state index is 10.3. The minimum absolute atomic E-state index is 0.403. The maximum Gasteiger partial charge on any atom is 0.229 e. The molecule has 3 N–H and O–H groups in total. The molecule has 0 spiro atoms. The van der Waals surface area contributed by atoms with Gasteiger partial charge in [-0.2, -0.15) is 4.98 Å². The van der Waals surface area contributed by atoms with Crippen LogP contribution in [0.15, 0.2) is 24.3 Å². The fourth-order valence-electron chi connectivity index (χ4n) is 3.58. The van der Waals surface area contributed by atoms with Gasteiger partial charge in [-0.25, -0.2) is 4.98 Å². The first-order valence-electron chi connectivity index (χ1n) is 8.95. The van der Waals surface area contributed by atoms with Gasteiger partial charge in [-0.3, -0.25) is 0 Å². The lowest BCUT2D eigenvalue weighted by Gasteiger charge is -2.28. The van der Waals surface area contributed by atoms with E-state index in [1.807, 2.05) is 24.3 Å². The van der Waals surface area contributed by atoms with Gasteiger partial charge in [0, 0.05) is 39.7 Å². The van der Waals surface area contributed by atoms with Crippen LogP contribution in [0.25, 0.3) is 10.9 Å². The molecule has 1 saturated heterocycles. The summed E-state index contributed by atoms with van der Waals surface area (Å²) in [5.41, 5.74) is 0.794. The molecule has 1 saturated carbocycles. The number of aliphatic hydroxyl groups is 2. The molecule has 2 heterocycles. The van der Waals surface area contributed by atoms with Crippen molar-refractivity contribution in [3.8, 4) is 5.88 Å². The molecule has 4 atom stereocenters. The Bertz CT molecular complexity index is 768. The number of aliphatic hydroxyl groups excluding tert-OH is 2. The Morgan fingerprint density at radius 1 is 1.08 bits per heavy atom. The number of piperazine rings is 1. The van der Waals surface area contributed by atoms with Gasteiger partial charge < -0.3 is 29.9 Å². The Labute approximate surface area is 151 Å². The second kappa shape index (κ2) is 7.32. The summed E-state index contributed by atoms with van der Waals surface area (Å²) in [5, 5.41) is 24.5. The first-order valence-corrected chi connectivity index (χ1v) is 8.95. The Morgan fingerprint density at radius 2 is 1.81 bits per heavy atom. The average molecular weight is 360 g/mol. The van der Waals surface area contributed by atoms with Crippen LogP contribution in [0.5, 0.6) is 5.88 Å². The monoisotopic (exact) mass is 360 g/mol. The normalized spacial score (nSPS) is 29.3. The molecule has 2 aliphatic rings. The molecule has 2 fully saturated rings. The highest BCUT2D eigenvalue weighted by Gasteiger charge is 2.43. The first-order chi connectivity index (χ1) is 12.7. The maximum absolute atomic E-state index is 10.3. The standard InChI is InChI=1S/C18H24N4O4/c1-25-13-10-14(16(24)15(13)23)26-17-11-4-2-3-5-12(11)20-18(21-17)22-8-6-19-7-9-22/h2-5,13-16,19,23-24H,6-10H2,1H3/t13-,14+,15+,16-/m0/s1. The fraction of sp³-hybridized carbons (Fsp3) is 0.556. The van der Waals surface area contributed by atoms with Crippen LogP contribution in [0.3, 0.4) is 0 Å². The van der Waals surface area contributed by atoms with Crippen LogP contribution in [0, 0.1) is 0 Å². The average Bonchev–Trinajstić information content (AvgIpc) is 2.96. The molecule has 4 rings (SSSR count). The lowest BCUT2D eigenvalue weighted by atomic mass is 10.2. The lowest BCUT2D eigenvalue weighted by Crippen LogP contribution is -2.44. The minimum atomic E-state index is -1.02. The predicted molar refractivity (Wildman–Crippen MR) is 96.5 cm³/mol. The van der Waals surface area contributed by atoms with E-state index >= 15 is 0 Å². The summed E-state index contributed by atoms with van der Waals surface area (Å²) >= 11 is 0. The molecule has 26 heavy (non-hydrogen) atoms. The van der Waals surface area contributed by atoms with E-state index in [9.17, 15) is 10.2 Å². The number of nitrogens with one attached hydrogen (secondary N) is 1. The number of rotatable bonds is 4. The second-order valence-electron chi connectivity index (χ2n) is 6.73. The fourth-order valence-corrected chi connectivity index (χ4v) is 3.58. The number of aromatic nitrogens is 2. The van der Waals surface area contributed by atoms with Gasteiger partial charge in [-0.05, 0) is 12.1 Å². The number of hydrogen-bond donors (Lipinski definition) is 3. The van der Waals surface area contributed by atoms with Crippen LogP contribution in [-0.2, 0) is 4.74 Å². The zero-order valence-electron chi connectivity index (χ0n) is 14.7. The van der Waals surface area contributed by atoms with Gasteiger partial charge in [0.1, 0.15) is 18.3 Å². The highest BCUT2D eigenvalue weighted by Crippen LogP contribution is 2.31. The van der Waals surface area contributed by atoms with Gasteiger partial charge in [0.2, 0.25) is 11.8 Å². The molecule has 2 aromatic rings. The Hall–Kier alpha value is -2.00. The van der Waals surface area contributed by atoms with E-state index in [-0.39, 0.29) is 0 Å². The Morgan fingerprint density at radius 3 is 2.54 bits per heavy atom. The van der Waals surface area contributed by atoms with Gasteiger partial charge in [0.25, 0.3) is 0 Å². The molecule has 140 valence electrons. The first kappa shape index (κ1) is 17.4. The third-order valence-corrected chi connectivity index (χ3v) is 5.10. The van der Waals surface area contributed by atoms with Gasteiger partial charge in [-0.15, -0.1) is 0 Å². The van der Waals surface area contributed by atoms with Crippen LogP contribution in [0.1, 0.15) is 6.42 Å². The van der Waals surface area contributed by atoms with Crippen molar-refractivity contribution in [3.05, 3.63) is 24.3 Å². The van der Waals surface area contributed by atoms with E-state index in [1.165, 1.54) is 7.11 Å².